The number of amides is 2. The number of carbonyl (C=O) groups excluding carboxylic acids is 2. The van der Waals surface area contributed by atoms with E-state index in [1.807, 2.05) is 0 Å². The first-order valence-corrected chi connectivity index (χ1v) is 7.45. The summed E-state index contributed by atoms with van der Waals surface area (Å²) >= 11 is 0. The van der Waals surface area contributed by atoms with Crippen molar-refractivity contribution >= 4 is 11.8 Å². The number of benzene rings is 1. The Morgan fingerprint density at radius 3 is 2.26 bits per heavy atom. The number of ether oxygens (including phenoxy) is 2. The molecule has 2 N–H and O–H groups in total. The molecule has 3 rings (SSSR count). The molecule has 0 spiro atoms. The van der Waals surface area contributed by atoms with Crippen LogP contribution in [0.4, 0.5) is 0 Å². The number of rotatable bonds is 3. The number of imide groups is 1. The van der Waals surface area contributed by atoms with Gasteiger partial charge in [0.15, 0.2) is 6.29 Å². The first-order valence-electron chi connectivity index (χ1n) is 7.45. The van der Waals surface area contributed by atoms with E-state index in [-0.39, 0.29) is 6.61 Å². The van der Waals surface area contributed by atoms with E-state index >= 15 is 0 Å². The van der Waals surface area contributed by atoms with Crippen molar-refractivity contribution in [2.45, 2.75) is 31.5 Å². The highest BCUT2D eigenvalue weighted by Crippen LogP contribution is 2.34. The Balaban J connectivity index is 1.97. The normalized spacial score (nSPS) is 33.9. The van der Waals surface area contributed by atoms with Crippen LogP contribution in [0.25, 0.3) is 0 Å². The molecule has 0 saturated carbocycles. The van der Waals surface area contributed by atoms with Crippen molar-refractivity contribution in [2.75, 3.05) is 13.7 Å². The van der Waals surface area contributed by atoms with Crippen LogP contribution in [-0.4, -0.2) is 65.2 Å². The summed E-state index contributed by atoms with van der Waals surface area (Å²) < 4.78 is 10.8. The zero-order chi connectivity index (χ0) is 16.7. The molecule has 2 aliphatic heterocycles. The van der Waals surface area contributed by atoms with Crippen LogP contribution in [0.3, 0.4) is 0 Å². The first kappa shape index (κ1) is 16.1. The van der Waals surface area contributed by atoms with E-state index in [0.717, 1.165) is 4.90 Å². The van der Waals surface area contributed by atoms with Crippen LogP contribution < -0.4 is 0 Å². The van der Waals surface area contributed by atoms with Crippen LogP contribution >= 0.6 is 0 Å². The molecule has 2 aliphatic rings. The molecule has 5 atom stereocenters. The van der Waals surface area contributed by atoms with Crippen LogP contribution in [-0.2, 0) is 9.47 Å². The fraction of sp³-hybridized carbons (Fsp3) is 0.500. The van der Waals surface area contributed by atoms with Gasteiger partial charge in [0, 0.05) is 13.0 Å². The molecule has 0 radical (unpaired) electrons. The highest BCUT2D eigenvalue weighted by molar-refractivity contribution is 6.21. The van der Waals surface area contributed by atoms with Crippen molar-refractivity contribution < 1.29 is 29.3 Å². The van der Waals surface area contributed by atoms with Crippen molar-refractivity contribution in [3.8, 4) is 0 Å². The SMILES string of the molecule is COC1OC(CO)C(C)C(O)C1N1C(=O)c2ccccc2C1=O. The molecule has 2 amide bonds. The third kappa shape index (κ3) is 2.36. The lowest BCUT2D eigenvalue weighted by molar-refractivity contribution is -0.256. The maximum atomic E-state index is 12.6. The molecule has 5 unspecified atom stereocenters. The molecule has 0 bridgehead atoms. The fourth-order valence-electron chi connectivity index (χ4n) is 3.23. The lowest BCUT2D eigenvalue weighted by Gasteiger charge is -2.45. The second-order valence-electron chi connectivity index (χ2n) is 5.83. The number of nitrogens with zero attached hydrogens (tertiary/aromatic N) is 1. The number of hydrogen-bond acceptors (Lipinski definition) is 6. The summed E-state index contributed by atoms with van der Waals surface area (Å²) in [4.78, 5) is 26.2. The number of carbonyl (C=O) groups is 2. The van der Waals surface area contributed by atoms with Gasteiger partial charge < -0.3 is 19.7 Å². The summed E-state index contributed by atoms with van der Waals surface area (Å²) in [6.45, 7) is 1.41. The summed E-state index contributed by atoms with van der Waals surface area (Å²) in [5.74, 6) is -1.41. The van der Waals surface area contributed by atoms with Gasteiger partial charge in [0.2, 0.25) is 0 Å². The summed E-state index contributed by atoms with van der Waals surface area (Å²) in [6.07, 6.45) is -2.69. The molecule has 1 fully saturated rings. The molecule has 0 aromatic heterocycles. The molecule has 7 heteroatoms. The Morgan fingerprint density at radius 2 is 1.78 bits per heavy atom. The summed E-state index contributed by atoms with van der Waals surface area (Å²) in [5, 5.41) is 19.9. The van der Waals surface area contributed by atoms with Crippen LogP contribution in [0.1, 0.15) is 27.6 Å². The molecule has 1 aromatic carbocycles. The van der Waals surface area contributed by atoms with Gasteiger partial charge in [0.25, 0.3) is 11.8 Å². The van der Waals surface area contributed by atoms with Crippen molar-refractivity contribution in [2.24, 2.45) is 5.92 Å². The third-order valence-corrected chi connectivity index (χ3v) is 4.60. The van der Waals surface area contributed by atoms with Gasteiger partial charge in [0.05, 0.1) is 29.9 Å². The minimum absolute atomic E-state index is 0.285. The Kier molecular flexibility index (Phi) is 4.20. The number of fused-ring (bicyclic) bond motifs is 1. The van der Waals surface area contributed by atoms with E-state index < -0.39 is 42.3 Å². The van der Waals surface area contributed by atoms with E-state index in [1.54, 1.807) is 31.2 Å². The number of hydrogen-bond donors (Lipinski definition) is 2. The van der Waals surface area contributed by atoms with Crippen LogP contribution in [0, 0.1) is 5.92 Å². The minimum atomic E-state index is -1.06. The standard InChI is InChI=1S/C16H19NO6/c1-8-11(7-18)23-16(22-2)12(13(8)19)17-14(20)9-5-3-4-6-10(9)15(17)21/h3-6,8,11-13,16,18-19H,7H2,1-2H3. The second kappa shape index (κ2) is 6.01. The zero-order valence-corrected chi connectivity index (χ0v) is 12.9. The smallest absolute Gasteiger partial charge is 0.262 e. The van der Waals surface area contributed by atoms with Gasteiger partial charge in [-0.3, -0.25) is 14.5 Å². The summed E-state index contributed by atoms with van der Waals surface area (Å²) in [7, 11) is 1.37. The largest absolute Gasteiger partial charge is 0.394 e. The van der Waals surface area contributed by atoms with Gasteiger partial charge in [0.1, 0.15) is 6.04 Å². The highest BCUT2D eigenvalue weighted by atomic mass is 16.7. The number of aliphatic hydroxyl groups excluding tert-OH is 2. The van der Waals surface area contributed by atoms with Crippen LogP contribution in [0.5, 0.6) is 0 Å². The molecule has 23 heavy (non-hydrogen) atoms. The monoisotopic (exact) mass is 321 g/mol. The number of aliphatic hydroxyl groups is 2. The van der Waals surface area contributed by atoms with Crippen molar-refractivity contribution in [1.82, 2.24) is 4.90 Å². The van der Waals surface area contributed by atoms with E-state index in [0.29, 0.717) is 11.1 Å². The topological polar surface area (TPSA) is 96.3 Å². The van der Waals surface area contributed by atoms with Crippen LogP contribution in [0.15, 0.2) is 24.3 Å². The van der Waals surface area contributed by atoms with Gasteiger partial charge >= 0.3 is 0 Å². The third-order valence-electron chi connectivity index (χ3n) is 4.60. The van der Waals surface area contributed by atoms with Crippen LogP contribution in [0.2, 0.25) is 0 Å². The predicted molar refractivity (Wildman–Crippen MR) is 78.7 cm³/mol. The molecule has 7 nitrogen and oxygen atoms in total. The first-order chi connectivity index (χ1) is 11.0. The Labute approximate surface area is 133 Å². The quantitative estimate of drug-likeness (QED) is 0.762. The minimum Gasteiger partial charge on any atom is -0.394 e. The molecule has 1 aromatic rings. The predicted octanol–water partition coefficient (Wildman–Crippen LogP) is 0.0118. The van der Waals surface area contributed by atoms with E-state index in [1.165, 1.54) is 7.11 Å². The van der Waals surface area contributed by atoms with E-state index in [9.17, 15) is 19.8 Å². The Hall–Kier alpha value is -1.80. The fourth-order valence-corrected chi connectivity index (χ4v) is 3.23. The lowest BCUT2D eigenvalue weighted by atomic mass is 9.88. The highest BCUT2D eigenvalue weighted by Gasteiger charge is 2.52. The van der Waals surface area contributed by atoms with Gasteiger partial charge in [-0.05, 0) is 12.1 Å². The number of methoxy groups -OCH3 is 1. The second-order valence-corrected chi connectivity index (χ2v) is 5.83. The van der Waals surface area contributed by atoms with Gasteiger partial charge in [-0.1, -0.05) is 19.1 Å². The molecular formula is C16H19NO6. The maximum Gasteiger partial charge on any atom is 0.262 e. The molecule has 2 heterocycles. The van der Waals surface area contributed by atoms with Gasteiger partial charge in [-0.15, -0.1) is 0 Å². The van der Waals surface area contributed by atoms with Crippen molar-refractivity contribution in [3.05, 3.63) is 35.4 Å². The molecule has 124 valence electrons. The Bertz CT molecular complexity index is 596. The van der Waals surface area contributed by atoms with Crippen molar-refractivity contribution in [3.63, 3.8) is 0 Å². The average Bonchev–Trinajstić information content (AvgIpc) is 2.82. The molecule has 0 aliphatic carbocycles. The van der Waals surface area contributed by atoms with Gasteiger partial charge in [-0.25, -0.2) is 0 Å². The zero-order valence-electron chi connectivity index (χ0n) is 12.9. The lowest BCUT2D eigenvalue weighted by Crippen LogP contribution is -2.63. The van der Waals surface area contributed by atoms with E-state index in [2.05, 4.69) is 0 Å². The molecule has 1 saturated heterocycles. The maximum absolute atomic E-state index is 12.6. The van der Waals surface area contributed by atoms with E-state index in [4.69, 9.17) is 9.47 Å². The van der Waals surface area contributed by atoms with Gasteiger partial charge in [-0.2, -0.15) is 0 Å². The summed E-state index contributed by atoms with van der Waals surface area (Å²) in [6, 6.07) is 5.55. The Morgan fingerprint density at radius 1 is 1.22 bits per heavy atom. The molecular weight excluding hydrogens is 302 g/mol. The summed E-state index contributed by atoms with van der Waals surface area (Å²) in [5.41, 5.74) is 0.605. The van der Waals surface area contributed by atoms with Crippen molar-refractivity contribution in [1.29, 1.82) is 0 Å². The average molecular weight is 321 g/mol.